The van der Waals surface area contributed by atoms with Crippen LogP contribution in [0.2, 0.25) is 0 Å². The Kier molecular flexibility index (Phi) is 7.84. The first kappa shape index (κ1) is 26.3. The van der Waals surface area contributed by atoms with Gasteiger partial charge in [0.25, 0.3) is 0 Å². The van der Waals surface area contributed by atoms with Gasteiger partial charge in [-0.05, 0) is 74.0 Å². The van der Waals surface area contributed by atoms with Crippen molar-refractivity contribution < 1.29 is 23.4 Å². The first-order valence-corrected chi connectivity index (χ1v) is 13.4. The smallest absolute Gasteiger partial charge is 0.210 e. The molecule has 5 rings (SSSR count). The zero-order valence-electron chi connectivity index (χ0n) is 22.6. The number of aryl methyl sites for hydroxylation is 1. The van der Waals surface area contributed by atoms with Crippen LogP contribution in [0.15, 0.2) is 76.1 Å². The molecule has 0 N–H and O–H groups in total. The van der Waals surface area contributed by atoms with E-state index in [0.717, 1.165) is 50.4 Å². The highest BCUT2D eigenvalue weighted by molar-refractivity contribution is 7.15. The summed E-state index contributed by atoms with van der Waals surface area (Å²) in [5, 5.41) is 2.24. The number of thiazole rings is 1. The number of aromatic nitrogens is 1. The molecule has 0 fully saturated rings. The minimum Gasteiger partial charge on any atom is -0.497 e. The van der Waals surface area contributed by atoms with E-state index in [-0.39, 0.29) is 0 Å². The molecule has 3 aromatic carbocycles. The van der Waals surface area contributed by atoms with E-state index in [2.05, 4.69) is 6.92 Å². The van der Waals surface area contributed by atoms with Crippen LogP contribution in [0, 0.1) is 6.92 Å². The molecule has 2 aromatic heterocycles. The van der Waals surface area contributed by atoms with Crippen molar-refractivity contribution in [3.05, 3.63) is 77.0 Å². The summed E-state index contributed by atoms with van der Waals surface area (Å²) in [5.74, 6) is 3.57. The Balaban J connectivity index is 1.64. The van der Waals surface area contributed by atoms with Crippen LogP contribution in [0.5, 0.6) is 23.0 Å². The molecule has 0 atom stereocenters. The Morgan fingerprint density at radius 1 is 0.821 bits per heavy atom. The van der Waals surface area contributed by atoms with Gasteiger partial charge in [-0.3, -0.25) is 0 Å². The molecule has 0 amide bonds. The van der Waals surface area contributed by atoms with Gasteiger partial charge < -0.3 is 23.4 Å². The Morgan fingerprint density at radius 3 is 2.28 bits per heavy atom. The molecule has 2 heterocycles. The van der Waals surface area contributed by atoms with E-state index in [1.165, 1.54) is 11.3 Å². The molecular formula is C31H30N2O5S. The highest BCUT2D eigenvalue weighted by Crippen LogP contribution is 2.37. The molecule has 0 bridgehead atoms. The summed E-state index contributed by atoms with van der Waals surface area (Å²) in [6.45, 7) is 4.76. The largest absolute Gasteiger partial charge is 0.497 e. The molecule has 0 aliphatic rings. The van der Waals surface area contributed by atoms with E-state index in [9.17, 15) is 0 Å². The topological polar surface area (TPSA) is 75.3 Å². The molecule has 0 aliphatic heterocycles. The average Bonchev–Trinajstić information content (AvgIpc) is 3.35. The second kappa shape index (κ2) is 11.6. The van der Waals surface area contributed by atoms with Crippen LogP contribution in [0.1, 0.15) is 18.2 Å². The fourth-order valence-electron chi connectivity index (χ4n) is 4.23. The molecule has 0 radical (unpaired) electrons. The summed E-state index contributed by atoms with van der Waals surface area (Å²) >= 11 is 1.53. The van der Waals surface area contributed by atoms with Gasteiger partial charge in [0.15, 0.2) is 11.5 Å². The Hall–Kier alpha value is -4.30. The van der Waals surface area contributed by atoms with Crippen molar-refractivity contribution in [3.63, 3.8) is 0 Å². The molecule has 0 unspecified atom stereocenters. The number of fused-ring (bicyclic) bond motifs is 1. The maximum absolute atomic E-state index is 6.31. The van der Waals surface area contributed by atoms with Gasteiger partial charge in [0, 0.05) is 27.5 Å². The van der Waals surface area contributed by atoms with Crippen LogP contribution in [0.3, 0.4) is 0 Å². The number of ether oxygens (including phenoxy) is 4. The number of rotatable bonds is 9. The fraction of sp³-hybridized carbons (Fsp3) is 0.226. The van der Waals surface area contributed by atoms with Gasteiger partial charge >= 0.3 is 0 Å². The summed E-state index contributed by atoms with van der Waals surface area (Å²) in [5.41, 5.74) is 3.41. The van der Waals surface area contributed by atoms with Crippen molar-refractivity contribution in [1.29, 1.82) is 0 Å². The van der Waals surface area contributed by atoms with Crippen LogP contribution in [-0.2, 0) is 0 Å². The molecule has 39 heavy (non-hydrogen) atoms. The molecule has 5 aromatic rings. The third kappa shape index (κ3) is 5.61. The van der Waals surface area contributed by atoms with Crippen molar-refractivity contribution in [3.8, 4) is 45.6 Å². The Morgan fingerprint density at radius 2 is 1.56 bits per heavy atom. The minimum atomic E-state index is 0.638. The van der Waals surface area contributed by atoms with Crippen LogP contribution in [0.4, 0.5) is 5.13 Å². The van der Waals surface area contributed by atoms with Crippen molar-refractivity contribution in [2.45, 2.75) is 20.3 Å². The molecule has 0 spiro atoms. The van der Waals surface area contributed by atoms with Crippen LogP contribution in [-0.4, -0.2) is 32.9 Å². The summed E-state index contributed by atoms with van der Waals surface area (Å²) in [7, 11) is 4.90. The molecule has 0 saturated carbocycles. The molecule has 8 heteroatoms. The number of methoxy groups -OCH3 is 3. The molecule has 7 nitrogen and oxygen atoms in total. The maximum atomic E-state index is 6.31. The second-order valence-electron chi connectivity index (χ2n) is 8.81. The van der Waals surface area contributed by atoms with E-state index < -0.39 is 0 Å². The highest BCUT2D eigenvalue weighted by Gasteiger charge is 2.14. The average molecular weight is 543 g/mol. The predicted molar refractivity (Wildman–Crippen MR) is 155 cm³/mol. The van der Waals surface area contributed by atoms with E-state index in [1.807, 2.05) is 73.7 Å². The Bertz CT molecular complexity index is 1670. The van der Waals surface area contributed by atoms with Crippen molar-refractivity contribution in [2.75, 3.05) is 27.9 Å². The summed E-state index contributed by atoms with van der Waals surface area (Å²) < 4.78 is 28.4. The lowest BCUT2D eigenvalue weighted by atomic mass is 10.1. The normalized spacial score (nSPS) is 11.6. The number of hydrogen-bond donors (Lipinski definition) is 0. The van der Waals surface area contributed by atoms with Gasteiger partial charge in [-0.25, -0.2) is 9.98 Å². The van der Waals surface area contributed by atoms with Crippen LogP contribution < -0.4 is 24.3 Å². The molecule has 200 valence electrons. The van der Waals surface area contributed by atoms with E-state index in [4.69, 9.17) is 33.3 Å². The monoisotopic (exact) mass is 542 g/mol. The molecule has 0 saturated heterocycles. The van der Waals surface area contributed by atoms with Gasteiger partial charge in [-0.1, -0.05) is 18.3 Å². The summed E-state index contributed by atoms with van der Waals surface area (Å²) in [4.78, 5) is 10.9. The summed E-state index contributed by atoms with van der Waals surface area (Å²) in [6.07, 6.45) is 0.924. The zero-order valence-corrected chi connectivity index (χ0v) is 23.4. The number of hydrogen-bond acceptors (Lipinski definition) is 8. The van der Waals surface area contributed by atoms with Gasteiger partial charge in [-0.2, -0.15) is 0 Å². The third-order valence-electron chi connectivity index (χ3n) is 6.22. The summed E-state index contributed by atoms with van der Waals surface area (Å²) in [6, 6.07) is 21.3. The van der Waals surface area contributed by atoms with Gasteiger partial charge in [0.1, 0.15) is 22.8 Å². The Labute approximate surface area is 231 Å². The van der Waals surface area contributed by atoms with E-state index in [1.54, 1.807) is 21.3 Å². The zero-order chi connectivity index (χ0) is 27.4. The van der Waals surface area contributed by atoms with Crippen LogP contribution >= 0.6 is 11.3 Å². The quantitative estimate of drug-likeness (QED) is 0.191. The molecular weight excluding hydrogens is 512 g/mol. The first-order valence-electron chi connectivity index (χ1n) is 12.6. The lowest BCUT2D eigenvalue weighted by Crippen LogP contribution is -2.04. The first-order chi connectivity index (χ1) is 19.0. The third-order valence-corrected chi connectivity index (χ3v) is 7.09. The number of nitrogens with zero attached hydrogens (tertiary/aromatic N) is 2. The van der Waals surface area contributed by atoms with E-state index >= 15 is 0 Å². The second-order valence-corrected chi connectivity index (χ2v) is 10.00. The lowest BCUT2D eigenvalue weighted by molar-refractivity contribution is 0.317. The SMILES string of the molecule is CCCOc1ccc2oc(-c3ccc(OC)cc3)cc(=Nc3nc(-c4ccc(OC)c(OC)c4)c(C)s3)c2c1. The van der Waals surface area contributed by atoms with Gasteiger partial charge in [0.2, 0.25) is 5.13 Å². The van der Waals surface area contributed by atoms with Crippen molar-refractivity contribution in [1.82, 2.24) is 4.98 Å². The number of benzene rings is 3. The highest BCUT2D eigenvalue weighted by atomic mass is 32.1. The standard InChI is InChI=1S/C31H30N2O5S/c1-6-15-37-23-12-14-26-24(17-23)25(18-28(38-26)20-7-10-22(34-3)11-8-20)32-31-33-30(19(2)39-31)21-9-13-27(35-4)29(16-21)36-5/h7-14,16-18H,6,15H2,1-5H3. The lowest BCUT2D eigenvalue weighted by Gasteiger charge is -2.09. The molecule has 0 aliphatic carbocycles. The van der Waals surface area contributed by atoms with Crippen LogP contribution in [0.25, 0.3) is 33.6 Å². The minimum absolute atomic E-state index is 0.638. The van der Waals surface area contributed by atoms with Gasteiger partial charge in [-0.15, -0.1) is 0 Å². The predicted octanol–water partition coefficient (Wildman–Crippen LogP) is 7.58. The fourth-order valence-corrected chi connectivity index (χ4v) is 5.05. The van der Waals surface area contributed by atoms with Gasteiger partial charge in [0.05, 0.1) is 39.0 Å². The van der Waals surface area contributed by atoms with Crippen molar-refractivity contribution in [2.24, 2.45) is 4.99 Å². The van der Waals surface area contributed by atoms with E-state index in [0.29, 0.717) is 34.6 Å². The maximum Gasteiger partial charge on any atom is 0.210 e. The van der Waals surface area contributed by atoms with Crippen molar-refractivity contribution >= 4 is 27.4 Å².